The maximum Gasteiger partial charge on any atom is 0.339 e. The molecule has 1 aliphatic carbocycles. The number of carbonyl (C=O) groups excluding carboxylic acids is 2. The van der Waals surface area contributed by atoms with Crippen molar-refractivity contribution in [1.82, 2.24) is 9.88 Å². The molecule has 0 bridgehead atoms. The lowest BCUT2D eigenvalue weighted by Crippen LogP contribution is -2.38. The molecule has 0 amide bonds. The standard InChI is InChI=1S/C17H24N2O4/c1-9-13(16(22)23-4)10(2)18-14(9)15(21)11(3)19-7-12(20)17(8-19)5-6-17/h11-12,18,20H,5-8H2,1-4H3. The molecule has 1 saturated carbocycles. The Balaban J connectivity index is 1.82. The molecule has 126 valence electrons. The Bertz CT molecular complexity index is 660. The first-order valence-corrected chi connectivity index (χ1v) is 8.04. The third kappa shape index (κ3) is 2.50. The average Bonchev–Trinajstić information content (AvgIpc) is 3.14. The number of aliphatic hydroxyl groups is 1. The van der Waals surface area contributed by atoms with Gasteiger partial charge in [-0.2, -0.15) is 0 Å². The highest BCUT2D eigenvalue weighted by Gasteiger charge is 2.55. The Hall–Kier alpha value is -1.66. The molecule has 0 radical (unpaired) electrons. The second kappa shape index (κ2) is 5.46. The van der Waals surface area contributed by atoms with Crippen molar-refractivity contribution in [2.75, 3.05) is 20.2 Å². The molecule has 3 rings (SSSR count). The monoisotopic (exact) mass is 320 g/mol. The summed E-state index contributed by atoms with van der Waals surface area (Å²) in [7, 11) is 1.33. The van der Waals surface area contributed by atoms with E-state index in [4.69, 9.17) is 4.74 Å². The summed E-state index contributed by atoms with van der Waals surface area (Å²) >= 11 is 0. The largest absolute Gasteiger partial charge is 0.465 e. The maximum absolute atomic E-state index is 12.9. The normalized spacial score (nSPS) is 24.0. The zero-order valence-corrected chi connectivity index (χ0v) is 14.1. The number of hydrogen-bond donors (Lipinski definition) is 2. The fraction of sp³-hybridized carbons (Fsp3) is 0.647. The molecule has 6 heteroatoms. The number of ether oxygens (including phenoxy) is 1. The van der Waals surface area contributed by atoms with E-state index >= 15 is 0 Å². The number of esters is 1. The average molecular weight is 320 g/mol. The Labute approximate surface area is 135 Å². The Morgan fingerprint density at radius 2 is 2.04 bits per heavy atom. The van der Waals surface area contributed by atoms with Gasteiger partial charge in [0.25, 0.3) is 0 Å². The van der Waals surface area contributed by atoms with E-state index < -0.39 is 5.97 Å². The van der Waals surface area contributed by atoms with Crippen LogP contribution in [0.1, 0.15) is 51.9 Å². The predicted octanol–water partition coefficient (Wildman–Crippen LogP) is 1.45. The van der Waals surface area contributed by atoms with Crippen molar-refractivity contribution in [3.63, 3.8) is 0 Å². The molecule has 2 fully saturated rings. The second-order valence-electron chi connectivity index (χ2n) is 6.96. The van der Waals surface area contributed by atoms with Gasteiger partial charge in [-0.3, -0.25) is 9.69 Å². The van der Waals surface area contributed by atoms with Gasteiger partial charge in [0.15, 0.2) is 5.78 Å². The number of ketones is 1. The summed E-state index contributed by atoms with van der Waals surface area (Å²) in [5.41, 5.74) is 2.19. The highest BCUT2D eigenvalue weighted by Crippen LogP contribution is 2.53. The molecule has 1 spiro atoms. The molecule has 2 N–H and O–H groups in total. The number of aliphatic hydroxyl groups excluding tert-OH is 1. The van der Waals surface area contributed by atoms with Crippen molar-refractivity contribution in [2.24, 2.45) is 5.41 Å². The molecule has 1 aliphatic heterocycles. The van der Waals surface area contributed by atoms with Crippen LogP contribution in [0, 0.1) is 19.3 Å². The number of aryl methyl sites for hydroxylation is 1. The number of nitrogens with zero attached hydrogens (tertiary/aromatic N) is 1. The summed E-state index contributed by atoms with van der Waals surface area (Å²) in [5.74, 6) is -0.484. The van der Waals surface area contributed by atoms with E-state index in [0.29, 0.717) is 29.1 Å². The summed E-state index contributed by atoms with van der Waals surface area (Å²) in [6, 6.07) is -0.327. The first-order chi connectivity index (χ1) is 10.8. The number of carbonyl (C=O) groups is 2. The predicted molar refractivity (Wildman–Crippen MR) is 84.6 cm³/mol. The molecule has 6 nitrogen and oxygen atoms in total. The molecule has 2 unspecified atom stereocenters. The number of rotatable bonds is 4. The van der Waals surface area contributed by atoms with Gasteiger partial charge in [0.2, 0.25) is 0 Å². The van der Waals surface area contributed by atoms with E-state index in [9.17, 15) is 14.7 Å². The smallest absolute Gasteiger partial charge is 0.339 e. The SMILES string of the molecule is COC(=O)c1c(C)[nH]c(C(=O)C(C)N2CC(O)C3(CC3)C2)c1C. The van der Waals surface area contributed by atoms with Crippen molar-refractivity contribution in [3.05, 3.63) is 22.5 Å². The van der Waals surface area contributed by atoms with E-state index in [2.05, 4.69) is 4.98 Å². The highest BCUT2D eigenvalue weighted by molar-refractivity contribution is 6.03. The van der Waals surface area contributed by atoms with Gasteiger partial charge in [-0.15, -0.1) is 0 Å². The van der Waals surface area contributed by atoms with Crippen LogP contribution in [0.2, 0.25) is 0 Å². The maximum atomic E-state index is 12.9. The zero-order chi connectivity index (χ0) is 16.9. The van der Waals surface area contributed by atoms with E-state index in [0.717, 1.165) is 19.4 Å². The first-order valence-electron chi connectivity index (χ1n) is 8.04. The number of methoxy groups -OCH3 is 1. The van der Waals surface area contributed by atoms with Crippen molar-refractivity contribution in [1.29, 1.82) is 0 Å². The van der Waals surface area contributed by atoms with Crippen molar-refractivity contribution >= 4 is 11.8 Å². The third-order valence-corrected chi connectivity index (χ3v) is 5.53. The van der Waals surface area contributed by atoms with Crippen LogP contribution >= 0.6 is 0 Å². The lowest BCUT2D eigenvalue weighted by molar-refractivity contribution is 0.0599. The number of hydrogen-bond acceptors (Lipinski definition) is 5. The molecule has 1 aromatic heterocycles. The minimum atomic E-state index is -0.434. The van der Waals surface area contributed by atoms with Crippen LogP contribution in [0.25, 0.3) is 0 Å². The van der Waals surface area contributed by atoms with E-state index in [1.54, 1.807) is 13.8 Å². The lowest BCUT2D eigenvalue weighted by atomic mass is 10.0. The van der Waals surface area contributed by atoms with Crippen LogP contribution in [0.15, 0.2) is 0 Å². The summed E-state index contributed by atoms with van der Waals surface area (Å²) in [6.45, 7) is 6.69. The van der Waals surface area contributed by atoms with Crippen LogP contribution in [0.4, 0.5) is 0 Å². The minimum absolute atomic E-state index is 0.0203. The van der Waals surface area contributed by atoms with Gasteiger partial charge in [0, 0.05) is 24.2 Å². The quantitative estimate of drug-likeness (QED) is 0.648. The van der Waals surface area contributed by atoms with Gasteiger partial charge >= 0.3 is 5.97 Å². The van der Waals surface area contributed by atoms with Crippen LogP contribution in [-0.4, -0.2) is 59.1 Å². The molecule has 1 saturated heterocycles. The van der Waals surface area contributed by atoms with Crippen molar-refractivity contribution in [3.8, 4) is 0 Å². The van der Waals surface area contributed by atoms with Crippen LogP contribution in [-0.2, 0) is 4.74 Å². The Morgan fingerprint density at radius 3 is 2.57 bits per heavy atom. The van der Waals surface area contributed by atoms with Crippen LogP contribution < -0.4 is 0 Å². The molecular formula is C17H24N2O4. The fourth-order valence-electron chi connectivity index (χ4n) is 3.72. The Kier molecular flexibility index (Phi) is 3.84. The number of aromatic nitrogens is 1. The number of Topliss-reactive ketones (excluding diaryl/α,β-unsaturated/α-hetero) is 1. The van der Waals surface area contributed by atoms with Gasteiger partial charge in [-0.25, -0.2) is 4.79 Å². The minimum Gasteiger partial charge on any atom is -0.465 e. The summed E-state index contributed by atoms with van der Waals surface area (Å²) in [5, 5.41) is 10.2. The molecule has 2 aliphatic rings. The number of H-pyrrole nitrogens is 1. The molecule has 0 aromatic carbocycles. The van der Waals surface area contributed by atoms with Gasteiger partial charge in [0.1, 0.15) is 0 Å². The third-order valence-electron chi connectivity index (χ3n) is 5.53. The van der Waals surface area contributed by atoms with Gasteiger partial charge in [-0.05, 0) is 39.2 Å². The van der Waals surface area contributed by atoms with Crippen LogP contribution in [0.5, 0.6) is 0 Å². The summed E-state index contributed by atoms with van der Waals surface area (Å²) in [6.07, 6.45) is 1.74. The fourth-order valence-corrected chi connectivity index (χ4v) is 3.72. The summed E-state index contributed by atoms with van der Waals surface area (Å²) in [4.78, 5) is 29.8. The number of nitrogens with one attached hydrogen (secondary N) is 1. The molecule has 23 heavy (non-hydrogen) atoms. The number of β-amino-alcohol motifs (C(OH)–C–C–N with tert-alkyl or cyclic N) is 1. The number of likely N-dealkylation sites (tertiary alicyclic amines) is 1. The van der Waals surface area contributed by atoms with E-state index in [1.165, 1.54) is 7.11 Å². The van der Waals surface area contributed by atoms with Crippen molar-refractivity contribution < 1.29 is 19.4 Å². The van der Waals surface area contributed by atoms with E-state index in [-0.39, 0.29) is 23.3 Å². The molecule has 2 heterocycles. The molecule has 1 aromatic rings. The first kappa shape index (κ1) is 16.2. The van der Waals surface area contributed by atoms with Crippen LogP contribution in [0.3, 0.4) is 0 Å². The topological polar surface area (TPSA) is 82.6 Å². The van der Waals surface area contributed by atoms with Crippen molar-refractivity contribution in [2.45, 2.75) is 45.8 Å². The number of aromatic amines is 1. The highest BCUT2D eigenvalue weighted by atomic mass is 16.5. The Morgan fingerprint density at radius 1 is 1.39 bits per heavy atom. The lowest BCUT2D eigenvalue weighted by Gasteiger charge is -2.22. The van der Waals surface area contributed by atoms with Gasteiger partial charge < -0.3 is 14.8 Å². The second-order valence-corrected chi connectivity index (χ2v) is 6.96. The zero-order valence-electron chi connectivity index (χ0n) is 14.1. The molecular weight excluding hydrogens is 296 g/mol. The van der Waals surface area contributed by atoms with E-state index in [1.807, 2.05) is 11.8 Å². The van der Waals surface area contributed by atoms with Gasteiger partial charge in [0.05, 0.1) is 30.5 Å². The summed E-state index contributed by atoms with van der Waals surface area (Å²) < 4.78 is 4.79. The molecule has 2 atom stereocenters. The van der Waals surface area contributed by atoms with Gasteiger partial charge in [-0.1, -0.05) is 0 Å².